The number of carbonyl (C=O) groups is 1. The number of rotatable bonds is 6. The Morgan fingerprint density at radius 1 is 1.50 bits per heavy atom. The van der Waals surface area contributed by atoms with Gasteiger partial charge in [0.2, 0.25) is 5.91 Å². The fraction of sp³-hybridized carbons (Fsp3) is 0.333. The minimum atomic E-state index is -0.0803. The van der Waals surface area contributed by atoms with Crippen LogP contribution in [0, 0.1) is 0 Å². The van der Waals surface area contributed by atoms with Gasteiger partial charge in [-0.15, -0.1) is 5.10 Å². The van der Waals surface area contributed by atoms with Gasteiger partial charge in [-0.05, 0) is 41.6 Å². The van der Waals surface area contributed by atoms with Gasteiger partial charge in [0.1, 0.15) is 17.8 Å². The van der Waals surface area contributed by atoms with Crippen molar-refractivity contribution in [3.8, 4) is 11.4 Å². The average molecular weight is 276 g/mol. The van der Waals surface area contributed by atoms with Gasteiger partial charge in [-0.1, -0.05) is 0 Å². The topological polar surface area (TPSA) is 108 Å². The van der Waals surface area contributed by atoms with Gasteiger partial charge in [-0.2, -0.15) is 4.68 Å². The van der Waals surface area contributed by atoms with Gasteiger partial charge >= 0.3 is 0 Å². The van der Waals surface area contributed by atoms with E-state index < -0.39 is 0 Å². The Morgan fingerprint density at radius 2 is 2.35 bits per heavy atom. The number of nitrogens with two attached hydrogens (primary N) is 1. The van der Waals surface area contributed by atoms with Gasteiger partial charge in [-0.25, -0.2) is 0 Å². The maximum atomic E-state index is 11.7. The zero-order valence-corrected chi connectivity index (χ0v) is 11.1. The molecule has 20 heavy (non-hydrogen) atoms. The lowest BCUT2D eigenvalue weighted by molar-refractivity contribution is -0.116. The van der Waals surface area contributed by atoms with Crippen LogP contribution in [0.15, 0.2) is 24.5 Å². The first-order valence-corrected chi connectivity index (χ1v) is 6.16. The van der Waals surface area contributed by atoms with E-state index in [1.165, 1.54) is 11.0 Å². The predicted octanol–water partition coefficient (Wildman–Crippen LogP) is 0.348. The molecule has 1 aromatic carbocycles. The van der Waals surface area contributed by atoms with Crippen LogP contribution in [0.2, 0.25) is 0 Å². The summed E-state index contributed by atoms with van der Waals surface area (Å²) in [7, 11) is 1.56. The van der Waals surface area contributed by atoms with Crippen LogP contribution in [-0.2, 0) is 4.79 Å². The van der Waals surface area contributed by atoms with Crippen molar-refractivity contribution in [2.45, 2.75) is 12.8 Å². The molecule has 0 atom stereocenters. The Hall–Kier alpha value is -2.48. The van der Waals surface area contributed by atoms with Crippen LogP contribution in [0.1, 0.15) is 12.8 Å². The summed E-state index contributed by atoms with van der Waals surface area (Å²) in [4.78, 5) is 11.7. The summed E-state index contributed by atoms with van der Waals surface area (Å²) in [5.74, 6) is 0.528. The van der Waals surface area contributed by atoms with E-state index in [1.54, 1.807) is 25.3 Å². The van der Waals surface area contributed by atoms with E-state index in [4.69, 9.17) is 10.5 Å². The molecule has 8 nitrogen and oxygen atoms in total. The Labute approximate surface area is 115 Å². The largest absolute Gasteiger partial charge is 0.494 e. The summed E-state index contributed by atoms with van der Waals surface area (Å²) >= 11 is 0. The van der Waals surface area contributed by atoms with Crippen LogP contribution in [-0.4, -0.2) is 39.8 Å². The fourth-order valence-corrected chi connectivity index (χ4v) is 1.70. The first kappa shape index (κ1) is 13.9. The van der Waals surface area contributed by atoms with Gasteiger partial charge in [0, 0.05) is 12.1 Å². The number of nitrogens with one attached hydrogen (secondary N) is 1. The molecule has 1 amide bonds. The van der Waals surface area contributed by atoms with E-state index in [-0.39, 0.29) is 5.91 Å². The molecule has 0 aliphatic carbocycles. The smallest absolute Gasteiger partial charge is 0.224 e. The highest BCUT2D eigenvalue weighted by atomic mass is 16.5. The molecule has 106 valence electrons. The van der Waals surface area contributed by atoms with Crippen molar-refractivity contribution in [3.63, 3.8) is 0 Å². The standard InChI is InChI=1S/C12H16N6O2/c1-20-11-5-4-9(15-12(19)3-2-6-13)7-10(11)18-8-14-16-17-18/h4-5,7-8H,2-3,6,13H2,1H3,(H,15,19). The maximum Gasteiger partial charge on any atom is 0.224 e. The van der Waals surface area contributed by atoms with Crippen molar-refractivity contribution in [3.05, 3.63) is 24.5 Å². The summed E-state index contributed by atoms with van der Waals surface area (Å²) in [5.41, 5.74) is 6.67. The molecule has 0 unspecified atom stereocenters. The number of amides is 1. The molecule has 8 heteroatoms. The number of methoxy groups -OCH3 is 1. The summed E-state index contributed by atoms with van der Waals surface area (Å²) in [6.07, 6.45) is 2.50. The van der Waals surface area contributed by atoms with Crippen molar-refractivity contribution in [1.29, 1.82) is 0 Å². The van der Waals surface area contributed by atoms with Crippen LogP contribution in [0.25, 0.3) is 5.69 Å². The Morgan fingerprint density at radius 3 is 3.00 bits per heavy atom. The predicted molar refractivity (Wildman–Crippen MR) is 72.6 cm³/mol. The molecule has 1 heterocycles. The van der Waals surface area contributed by atoms with Gasteiger partial charge in [0.05, 0.1) is 7.11 Å². The van der Waals surface area contributed by atoms with Gasteiger partial charge in [-0.3, -0.25) is 4.79 Å². The average Bonchev–Trinajstić information content (AvgIpc) is 2.99. The number of carbonyl (C=O) groups excluding carboxylic acids is 1. The van der Waals surface area contributed by atoms with Crippen LogP contribution in [0.4, 0.5) is 5.69 Å². The first-order valence-electron chi connectivity index (χ1n) is 6.16. The Kier molecular flexibility index (Phi) is 4.61. The highest BCUT2D eigenvalue weighted by molar-refractivity contribution is 5.91. The highest BCUT2D eigenvalue weighted by Crippen LogP contribution is 2.25. The molecule has 0 fully saturated rings. The Bertz CT molecular complexity index is 569. The number of hydrogen-bond donors (Lipinski definition) is 2. The zero-order chi connectivity index (χ0) is 14.4. The molecule has 0 radical (unpaired) electrons. The monoisotopic (exact) mass is 276 g/mol. The molecule has 0 spiro atoms. The van der Waals surface area contributed by atoms with Gasteiger partial charge in [0.15, 0.2) is 0 Å². The van der Waals surface area contributed by atoms with Gasteiger partial charge in [0.25, 0.3) is 0 Å². The third kappa shape index (κ3) is 3.29. The lowest BCUT2D eigenvalue weighted by Crippen LogP contribution is -2.13. The normalized spacial score (nSPS) is 10.3. The maximum absolute atomic E-state index is 11.7. The molecular formula is C12H16N6O2. The molecule has 0 bridgehead atoms. The lowest BCUT2D eigenvalue weighted by atomic mass is 10.2. The van der Waals surface area contributed by atoms with E-state index in [0.717, 1.165) is 0 Å². The van der Waals surface area contributed by atoms with Crippen molar-refractivity contribution in [2.24, 2.45) is 5.73 Å². The van der Waals surface area contributed by atoms with E-state index in [0.29, 0.717) is 36.5 Å². The molecule has 0 aliphatic heterocycles. The van der Waals surface area contributed by atoms with Crippen LogP contribution < -0.4 is 15.8 Å². The second-order valence-corrected chi connectivity index (χ2v) is 4.08. The molecule has 0 aliphatic rings. The first-order chi connectivity index (χ1) is 9.74. The molecule has 1 aromatic heterocycles. The van der Waals surface area contributed by atoms with Crippen LogP contribution in [0.5, 0.6) is 5.75 Å². The van der Waals surface area contributed by atoms with Crippen LogP contribution in [0.3, 0.4) is 0 Å². The highest BCUT2D eigenvalue weighted by Gasteiger charge is 2.09. The summed E-state index contributed by atoms with van der Waals surface area (Å²) in [6.45, 7) is 0.492. The number of nitrogens with zero attached hydrogens (tertiary/aromatic N) is 4. The van der Waals surface area contributed by atoms with E-state index in [9.17, 15) is 4.79 Å². The molecule has 0 saturated heterocycles. The quantitative estimate of drug-likeness (QED) is 0.788. The SMILES string of the molecule is COc1ccc(NC(=O)CCCN)cc1-n1cnnn1. The second kappa shape index (κ2) is 6.62. The molecule has 2 aromatic rings. The number of ether oxygens (including phenoxy) is 1. The Balaban J connectivity index is 2.20. The minimum absolute atomic E-state index is 0.0803. The number of tetrazole rings is 1. The van der Waals surface area contributed by atoms with E-state index in [1.807, 2.05) is 0 Å². The minimum Gasteiger partial charge on any atom is -0.494 e. The summed E-state index contributed by atoms with van der Waals surface area (Å²) < 4.78 is 6.72. The molecule has 3 N–H and O–H groups in total. The molecule has 2 rings (SSSR count). The number of hydrogen-bond acceptors (Lipinski definition) is 6. The number of aromatic nitrogens is 4. The molecule has 0 saturated carbocycles. The third-order valence-electron chi connectivity index (χ3n) is 2.67. The van der Waals surface area contributed by atoms with Crippen LogP contribution >= 0.6 is 0 Å². The lowest BCUT2D eigenvalue weighted by Gasteiger charge is -2.10. The van der Waals surface area contributed by atoms with E-state index >= 15 is 0 Å². The number of benzene rings is 1. The van der Waals surface area contributed by atoms with Gasteiger partial charge < -0.3 is 15.8 Å². The van der Waals surface area contributed by atoms with Crippen molar-refractivity contribution in [2.75, 3.05) is 19.0 Å². The van der Waals surface area contributed by atoms with E-state index in [2.05, 4.69) is 20.8 Å². The second-order valence-electron chi connectivity index (χ2n) is 4.08. The summed E-state index contributed by atoms with van der Waals surface area (Å²) in [5, 5.41) is 13.8. The molecular weight excluding hydrogens is 260 g/mol. The zero-order valence-electron chi connectivity index (χ0n) is 11.1. The van der Waals surface area contributed by atoms with Crippen molar-refractivity contribution < 1.29 is 9.53 Å². The van der Waals surface area contributed by atoms with Crippen molar-refractivity contribution in [1.82, 2.24) is 20.2 Å². The third-order valence-corrected chi connectivity index (χ3v) is 2.67. The van der Waals surface area contributed by atoms with Crippen molar-refractivity contribution >= 4 is 11.6 Å². The summed E-state index contributed by atoms with van der Waals surface area (Å²) in [6, 6.07) is 5.25. The number of anilines is 1. The fourth-order valence-electron chi connectivity index (χ4n) is 1.70.